The molecule has 0 fully saturated rings. The first-order valence-electron chi connectivity index (χ1n) is 12.8. The molecule has 5 aromatic heterocycles. The van der Waals surface area contributed by atoms with Crippen molar-refractivity contribution in [2.75, 3.05) is 0 Å². The summed E-state index contributed by atoms with van der Waals surface area (Å²) in [5, 5.41) is 0. The second-order valence-corrected chi connectivity index (χ2v) is 13.1. The number of benzene rings is 2. The molecule has 8 heteroatoms. The number of pyridine rings is 2. The average Bonchev–Trinajstić information content (AvgIpc) is 3.80. The van der Waals surface area contributed by atoms with Gasteiger partial charge in [-0.3, -0.25) is 9.97 Å². The van der Waals surface area contributed by atoms with Gasteiger partial charge in [0.25, 0.3) is 0 Å². The van der Waals surface area contributed by atoms with Gasteiger partial charge in [-0.2, -0.15) is 0 Å². The summed E-state index contributed by atoms with van der Waals surface area (Å²) in [6, 6.07) is 29.2. The van der Waals surface area contributed by atoms with Gasteiger partial charge in [-0.05, 0) is 118 Å². The van der Waals surface area contributed by atoms with Crippen LogP contribution < -0.4 is 0 Å². The highest BCUT2D eigenvalue weighted by Crippen LogP contribution is 2.43. The Morgan fingerprint density at radius 2 is 1.07 bits per heavy atom. The van der Waals surface area contributed by atoms with Gasteiger partial charge in [0.1, 0.15) is 17.4 Å². The van der Waals surface area contributed by atoms with Gasteiger partial charge in [0.05, 0.1) is 14.0 Å². The third-order valence-electron chi connectivity index (χ3n) is 6.39. The van der Waals surface area contributed by atoms with Gasteiger partial charge in [0, 0.05) is 45.7 Å². The minimum absolute atomic E-state index is 0.208. The molecule has 0 saturated heterocycles. The number of thiophene rings is 2. The summed E-state index contributed by atoms with van der Waals surface area (Å²) in [7, 11) is 0. The largest absolute Gasteiger partial charge is 0.464 e. The highest BCUT2D eigenvalue weighted by Gasteiger charge is 2.16. The number of hydrogen-bond donors (Lipinski definition) is 0. The maximum atomic E-state index is 13.2. The highest BCUT2D eigenvalue weighted by atomic mass is 127. The molecule has 0 bridgehead atoms. The van der Waals surface area contributed by atoms with E-state index in [9.17, 15) is 8.78 Å². The van der Waals surface area contributed by atoms with Crippen molar-refractivity contribution in [3.8, 4) is 53.8 Å². The van der Waals surface area contributed by atoms with E-state index >= 15 is 0 Å². The van der Waals surface area contributed by atoms with Crippen LogP contribution in [-0.4, -0.2) is 9.97 Å². The first-order chi connectivity index (χ1) is 20.5. The van der Waals surface area contributed by atoms with Crippen LogP contribution >= 0.6 is 45.3 Å². The van der Waals surface area contributed by atoms with Crippen molar-refractivity contribution >= 4 is 45.3 Å². The fourth-order valence-electron chi connectivity index (χ4n) is 4.42. The van der Waals surface area contributed by atoms with Crippen LogP contribution in [0.3, 0.4) is 0 Å². The first kappa shape index (κ1) is 28.1. The second kappa shape index (κ2) is 12.9. The topological polar surface area (TPSA) is 38.9 Å². The standard InChI is InChI=1S/C19H12FNOS.C15H9FINS/c20-15-5-3-14(4-6-15)19-16(13-7-9-21-10-8-13)12-18(23-19)17-2-1-11-22-17;16-12-3-1-11(2-4-12)15-13(9-14(17)19-15)10-5-7-18-8-6-10/h1-12H;1-9H. The van der Waals surface area contributed by atoms with E-state index in [1.807, 2.05) is 48.5 Å². The fourth-order valence-corrected chi connectivity index (χ4v) is 7.45. The van der Waals surface area contributed by atoms with E-state index in [1.165, 1.54) is 32.7 Å². The van der Waals surface area contributed by atoms with Gasteiger partial charge in [-0.25, -0.2) is 8.78 Å². The summed E-state index contributed by atoms with van der Waals surface area (Å²) >= 11 is 5.66. The molecule has 2 aromatic carbocycles. The van der Waals surface area contributed by atoms with Gasteiger partial charge >= 0.3 is 0 Å². The van der Waals surface area contributed by atoms with E-state index in [-0.39, 0.29) is 11.6 Å². The number of rotatable bonds is 5. The number of aromatic nitrogens is 2. The lowest BCUT2D eigenvalue weighted by Crippen LogP contribution is -1.80. The van der Waals surface area contributed by atoms with Crippen LogP contribution in [0.15, 0.2) is 133 Å². The quantitative estimate of drug-likeness (QED) is 0.168. The van der Waals surface area contributed by atoms with Crippen LogP contribution in [0.5, 0.6) is 0 Å². The van der Waals surface area contributed by atoms with E-state index in [0.717, 1.165) is 48.2 Å². The molecule has 0 aliphatic rings. The number of furan rings is 1. The Hall–Kier alpha value is -3.99. The molecule has 7 aromatic rings. The van der Waals surface area contributed by atoms with Crippen molar-refractivity contribution in [3.05, 3.63) is 143 Å². The van der Waals surface area contributed by atoms with E-state index in [2.05, 4.69) is 44.7 Å². The predicted molar refractivity (Wildman–Crippen MR) is 176 cm³/mol. The molecular formula is C34H21F2IN2OS2. The Morgan fingerprint density at radius 1 is 0.571 bits per heavy atom. The minimum atomic E-state index is -0.234. The number of hydrogen-bond acceptors (Lipinski definition) is 5. The Labute approximate surface area is 263 Å². The summed E-state index contributed by atoms with van der Waals surface area (Å²) in [6.45, 7) is 0. The maximum absolute atomic E-state index is 13.2. The summed E-state index contributed by atoms with van der Waals surface area (Å²) in [4.78, 5) is 11.4. The van der Waals surface area contributed by atoms with Gasteiger partial charge in [0.2, 0.25) is 0 Å². The van der Waals surface area contributed by atoms with Crippen molar-refractivity contribution in [1.29, 1.82) is 0 Å². The Balaban J connectivity index is 0.000000153. The lowest BCUT2D eigenvalue weighted by Gasteiger charge is -2.04. The highest BCUT2D eigenvalue weighted by molar-refractivity contribution is 14.1. The molecule has 0 unspecified atom stereocenters. The third kappa shape index (κ3) is 6.41. The van der Waals surface area contributed by atoms with Gasteiger partial charge in [-0.15, -0.1) is 22.7 Å². The van der Waals surface area contributed by atoms with Crippen molar-refractivity contribution < 1.29 is 13.2 Å². The molecule has 0 saturated carbocycles. The van der Waals surface area contributed by atoms with Gasteiger partial charge in [0.15, 0.2) is 0 Å². The lowest BCUT2D eigenvalue weighted by atomic mass is 10.0. The van der Waals surface area contributed by atoms with Crippen LogP contribution in [0.4, 0.5) is 8.78 Å². The summed E-state index contributed by atoms with van der Waals surface area (Å²) < 4.78 is 33.0. The molecule has 3 nitrogen and oxygen atoms in total. The zero-order valence-electron chi connectivity index (χ0n) is 21.9. The van der Waals surface area contributed by atoms with Gasteiger partial charge < -0.3 is 4.42 Å². The average molecular weight is 703 g/mol. The van der Waals surface area contributed by atoms with E-state index < -0.39 is 0 Å². The molecule has 0 N–H and O–H groups in total. The van der Waals surface area contributed by atoms with Crippen LogP contribution in [-0.2, 0) is 0 Å². The molecule has 0 amide bonds. The van der Waals surface area contributed by atoms with E-state index in [0.29, 0.717) is 0 Å². The zero-order valence-corrected chi connectivity index (χ0v) is 25.7. The molecule has 0 radical (unpaired) electrons. The maximum Gasteiger partial charge on any atom is 0.143 e. The van der Waals surface area contributed by atoms with Crippen LogP contribution in [0.1, 0.15) is 0 Å². The molecule has 5 heterocycles. The normalized spacial score (nSPS) is 10.7. The number of nitrogens with zero attached hydrogens (tertiary/aromatic N) is 2. The van der Waals surface area contributed by atoms with Crippen LogP contribution in [0.25, 0.3) is 53.8 Å². The van der Waals surface area contributed by atoms with E-state index in [4.69, 9.17) is 4.42 Å². The third-order valence-corrected chi connectivity index (χ3v) is 9.54. The SMILES string of the molecule is Fc1ccc(-c2sc(-c3ccco3)cc2-c2ccncc2)cc1.Fc1ccc(-c2sc(I)cc2-c2ccncc2)cc1. The summed E-state index contributed by atoms with van der Waals surface area (Å²) in [5.41, 5.74) is 6.50. The second-order valence-electron chi connectivity index (χ2n) is 9.11. The van der Waals surface area contributed by atoms with Gasteiger partial charge in [-0.1, -0.05) is 24.3 Å². The summed E-state index contributed by atoms with van der Waals surface area (Å²) in [6.07, 6.45) is 8.78. The van der Waals surface area contributed by atoms with E-state index in [1.54, 1.807) is 65.9 Å². The molecular weight excluding hydrogens is 681 g/mol. The van der Waals surface area contributed by atoms with Crippen molar-refractivity contribution in [3.63, 3.8) is 0 Å². The summed E-state index contributed by atoms with van der Waals surface area (Å²) in [5.74, 6) is 0.390. The Morgan fingerprint density at radius 3 is 1.57 bits per heavy atom. The molecule has 42 heavy (non-hydrogen) atoms. The van der Waals surface area contributed by atoms with Crippen LogP contribution in [0.2, 0.25) is 0 Å². The minimum Gasteiger partial charge on any atom is -0.464 e. The Bertz CT molecular complexity index is 1890. The molecule has 0 aliphatic carbocycles. The van der Waals surface area contributed by atoms with Crippen molar-refractivity contribution in [1.82, 2.24) is 9.97 Å². The first-order valence-corrected chi connectivity index (χ1v) is 15.6. The monoisotopic (exact) mass is 702 g/mol. The molecule has 0 aliphatic heterocycles. The van der Waals surface area contributed by atoms with Crippen LogP contribution in [0, 0.1) is 14.5 Å². The fraction of sp³-hybridized carbons (Fsp3) is 0. The van der Waals surface area contributed by atoms with Crippen molar-refractivity contribution in [2.24, 2.45) is 0 Å². The Kier molecular flexibility index (Phi) is 8.64. The lowest BCUT2D eigenvalue weighted by molar-refractivity contribution is 0.584. The number of halogens is 3. The molecule has 0 atom stereocenters. The molecule has 7 rings (SSSR count). The molecule has 0 spiro atoms. The smallest absolute Gasteiger partial charge is 0.143 e. The van der Waals surface area contributed by atoms with Crippen molar-refractivity contribution in [2.45, 2.75) is 0 Å². The zero-order chi connectivity index (χ0) is 28.9. The predicted octanol–water partition coefficient (Wildman–Crippen LogP) is 11.1. The molecule has 206 valence electrons.